The second-order valence-electron chi connectivity index (χ2n) is 8.39. The number of hydrogen-bond acceptors (Lipinski definition) is 6. The van der Waals surface area contributed by atoms with Gasteiger partial charge in [-0.05, 0) is 37.0 Å². The van der Waals surface area contributed by atoms with Gasteiger partial charge in [-0.2, -0.15) is 13.2 Å². The number of halogens is 3. The third-order valence-corrected chi connectivity index (χ3v) is 8.00. The molecule has 0 aliphatic carbocycles. The molecule has 2 aliphatic rings. The first-order valence-corrected chi connectivity index (χ1v) is 11.8. The van der Waals surface area contributed by atoms with E-state index < -0.39 is 21.6 Å². The molecule has 2 atom stereocenters. The first-order chi connectivity index (χ1) is 15.0. The second-order valence-corrected chi connectivity index (χ2v) is 10.5. The Labute approximate surface area is 181 Å². The highest BCUT2D eigenvalue weighted by atomic mass is 32.2. The lowest BCUT2D eigenvalue weighted by molar-refractivity contribution is -0.137. The fourth-order valence-electron chi connectivity index (χ4n) is 4.64. The van der Waals surface area contributed by atoms with Crippen molar-refractivity contribution in [2.24, 2.45) is 11.8 Å². The van der Waals surface area contributed by atoms with E-state index in [0.717, 1.165) is 12.1 Å². The molecule has 0 saturated carbocycles. The number of pyridine rings is 1. The lowest BCUT2D eigenvalue weighted by atomic mass is 10.0. The number of likely N-dealkylation sites (tertiary alicyclic amines) is 1. The first kappa shape index (κ1) is 20.9. The molecule has 4 heterocycles. The van der Waals surface area contributed by atoms with Crippen molar-refractivity contribution >= 4 is 26.8 Å². The van der Waals surface area contributed by atoms with Crippen LogP contribution in [0.4, 0.5) is 13.2 Å². The molecule has 0 unspecified atom stereocenters. The van der Waals surface area contributed by atoms with Gasteiger partial charge in [-0.1, -0.05) is 17.3 Å². The number of carbonyl (C=O) groups is 1. The van der Waals surface area contributed by atoms with Crippen molar-refractivity contribution < 1.29 is 30.9 Å². The van der Waals surface area contributed by atoms with Crippen molar-refractivity contribution in [3.63, 3.8) is 0 Å². The number of hydrogen-bond donors (Lipinski definition) is 0. The molecule has 0 N–H and O–H groups in total. The number of alkyl halides is 3. The number of carbonyl (C=O) groups excluding carboxylic acids is 1. The monoisotopic (exact) mass is 465 g/mol. The van der Waals surface area contributed by atoms with E-state index in [1.54, 1.807) is 11.8 Å². The number of sulfone groups is 1. The van der Waals surface area contributed by atoms with Gasteiger partial charge in [-0.25, -0.2) is 13.4 Å². The minimum atomic E-state index is -4.52. The lowest BCUT2D eigenvalue weighted by Crippen LogP contribution is -2.31. The number of nitrogens with zero attached hydrogens (tertiary/aromatic N) is 3. The zero-order valence-corrected chi connectivity index (χ0v) is 17.7. The largest absolute Gasteiger partial charge is 0.416 e. The Morgan fingerprint density at radius 3 is 2.50 bits per heavy atom. The maximum atomic E-state index is 13.4. The van der Waals surface area contributed by atoms with Crippen molar-refractivity contribution in [3.8, 4) is 11.3 Å². The molecule has 7 nitrogen and oxygen atoms in total. The van der Waals surface area contributed by atoms with Crippen LogP contribution in [0.2, 0.25) is 0 Å². The van der Waals surface area contributed by atoms with E-state index in [9.17, 15) is 26.4 Å². The van der Waals surface area contributed by atoms with Gasteiger partial charge in [-0.3, -0.25) is 4.79 Å². The van der Waals surface area contributed by atoms with Crippen LogP contribution in [-0.4, -0.2) is 54.0 Å². The predicted octanol–water partition coefficient (Wildman–Crippen LogP) is 3.33. The number of fused-ring (bicyclic) bond motifs is 2. The summed E-state index contributed by atoms with van der Waals surface area (Å²) in [6.07, 6.45) is -4.52. The molecule has 2 saturated heterocycles. The van der Waals surface area contributed by atoms with Crippen molar-refractivity contribution in [2.75, 3.05) is 24.6 Å². The molecule has 2 aliphatic heterocycles. The fourth-order valence-corrected chi connectivity index (χ4v) is 6.83. The number of aromatic nitrogens is 2. The molecular formula is C21H18F3N3O4S. The van der Waals surface area contributed by atoms with Crippen LogP contribution in [0.1, 0.15) is 21.6 Å². The Hall–Kier alpha value is -2.95. The molecule has 1 amide bonds. The van der Waals surface area contributed by atoms with Crippen LogP contribution in [0.3, 0.4) is 0 Å². The summed E-state index contributed by atoms with van der Waals surface area (Å²) in [4.78, 5) is 19.3. The van der Waals surface area contributed by atoms with Crippen molar-refractivity contribution in [1.82, 2.24) is 15.0 Å². The van der Waals surface area contributed by atoms with Crippen LogP contribution in [0.15, 0.2) is 34.9 Å². The highest BCUT2D eigenvalue weighted by Crippen LogP contribution is 2.36. The topological polar surface area (TPSA) is 93.4 Å². The zero-order valence-electron chi connectivity index (χ0n) is 16.9. The summed E-state index contributed by atoms with van der Waals surface area (Å²) in [6.45, 7) is 2.28. The molecule has 0 spiro atoms. The van der Waals surface area contributed by atoms with Crippen molar-refractivity contribution in [2.45, 2.75) is 13.1 Å². The van der Waals surface area contributed by atoms with Gasteiger partial charge in [0.1, 0.15) is 0 Å². The third-order valence-electron chi connectivity index (χ3n) is 6.13. The van der Waals surface area contributed by atoms with Gasteiger partial charge in [-0.15, -0.1) is 0 Å². The minimum absolute atomic E-state index is 0.0581. The van der Waals surface area contributed by atoms with E-state index in [4.69, 9.17) is 4.52 Å². The van der Waals surface area contributed by atoms with Gasteiger partial charge >= 0.3 is 6.18 Å². The molecule has 3 aromatic rings. The van der Waals surface area contributed by atoms with E-state index in [2.05, 4.69) is 10.1 Å². The molecule has 11 heteroatoms. The van der Waals surface area contributed by atoms with Crippen LogP contribution < -0.4 is 0 Å². The summed E-state index contributed by atoms with van der Waals surface area (Å²) in [5.74, 6) is -0.423. The van der Waals surface area contributed by atoms with Crippen molar-refractivity contribution in [3.05, 3.63) is 47.2 Å². The summed E-state index contributed by atoms with van der Waals surface area (Å²) >= 11 is 0. The van der Waals surface area contributed by atoms with Crippen LogP contribution in [0.5, 0.6) is 0 Å². The molecule has 0 bridgehead atoms. The smallest absolute Gasteiger partial charge is 0.338 e. The molecule has 1 aromatic carbocycles. The average molecular weight is 465 g/mol. The molecule has 5 rings (SSSR count). The highest BCUT2D eigenvalue weighted by Gasteiger charge is 2.45. The average Bonchev–Trinajstić information content (AvgIpc) is 3.36. The number of aryl methyl sites for hydroxylation is 1. The lowest BCUT2D eigenvalue weighted by Gasteiger charge is -2.18. The maximum absolute atomic E-state index is 13.4. The van der Waals surface area contributed by atoms with Crippen LogP contribution in [0.25, 0.3) is 22.4 Å². The number of rotatable bonds is 2. The maximum Gasteiger partial charge on any atom is 0.416 e. The Morgan fingerprint density at radius 2 is 1.84 bits per heavy atom. The van der Waals surface area contributed by atoms with E-state index in [1.807, 2.05) is 0 Å². The van der Waals surface area contributed by atoms with Gasteiger partial charge in [0, 0.05) is 18.7 Å². The Morgan fingerprint density at radius 1 is 1.16 bits per heavy atom. The molecule has 32 heavy (non-hydrogen) atoms. The van der Waals surface area contributed by atoms with E-state index in [0.29, 0.717) is 24.2 Å². The van der Waals surface area contributed by atoms with Crippen LogP contribution in [0, 0.1) is 18.8 Å². The SMILES string of the molecule is Cc1noc2nc(-c3cccc(C(F)(F)F)c3)cc(C(=O)N3C[C@@H]4CS(=O)(=O)C[C@@H]4C3)c12. The van der Waals surface area contributed by atoms with Gasteiger partial charge in [0.15, 0.2) is 9.84 Å². The molecule has 2 aromatic heterocycles. The van der Waals surface area contributed by atoms with Crippen molar-refractivity contribution in [1.29, 1.82) is 0 Å². The van der Waals surface area contributed by atoms with E-state index in [-0.39, 0.29) is 51.8 Å². The number of amides is 1. The predicted molar refractivity (Wildman–Crippen MR) is 109 cm³/mol. The summed E-state index contributed by atoms with van der Waals surface area (Å²) in [6, 6.07) is 6.14. The summed E-state index contributed by atoms with van der Waals surface area (Å²) in [5, 5.41) is 4.26. The molecular weight excluding hydrogens is 447 g/mol. The van der Waals surface area contributed by atoms with Gasteiger partial charge < -0.3 is 9.42 Å². The van der Waals surface area contributed by atoms with E-state index >= 15 is 0 Å². The van der Waals surface area contributed by atoms with Gasteiger partial charge in [0.25, 0.3) is 11.6 Å². The van der Waals surface area contributed by atoms with Crippen LogP contribution in [-0.2, 0) is 16.0 Å². The highest BCUT2D eigenvalue weighted by molar-refractivity contribution is 7.91. The first-order valence-electron chi connectivity index (χ1n) is 9.96. The van der Waals surface area contributed by atoms with Crippen LogP contribution >= 0.6 is 0 Å². The third kappa shape index (κ3) is 3.54. The normalized spacial score (nSPS) is 22.4. The van der Waals surface area contributed by atoms with Gasteiger partial charge in [0.2, 0.25) is 0 Å². The summed E-state index contributed by atoms with van der Waals surface area (Å²) < 4.78 is 68.5. The molecule has 168 valence electrons. The summed E-state index contributed by atoms with van der Waals surface area (Å²) in [7, 11) is -3.08. The van der Waals surface area contributed by atoms with Gasteiger partial charge in [0.05, 0.1) is 39.4 Å². The standard InChI is InChI=1S/C21H18F3N3O4S/c1-11-18-16(20(28)27-7-13-9-32(29,30)10-14(13)8-27)6-17(25-19(18)31-26-11)12-3-2-4-15(5-12)21(22,23)24/h2-6,13-14H,7-10H2,1H3/t13-,14+. The quantitative estimate of drug-likeness (QED) is 0.576. The number of benzene rings is 1. The fraction of sp³-hybridized carbons (Fsp3) is 0.381. The molecule has 2 fully saturated rings. The second kappa shape index (κ2) is 7.03. The van der Waals surface area contributed by atoms with E-state index in [1.165, 1.54) is 18.2 Å². The zero-order chi connectivity index (χ0) is 22.8. The Kier molecular flexibility index (Phi) is 4.59. The Balaban J connectivity index is 1.55. The summed E-state index contributed by atoms with van der Waals surface area (Å²) in [5.41, 5.74) is 0.242. The minimum Gasteiger partial charge on any atom is -0.338 e. The molecule has 0 radical (unpaired) electrons. The Bertz CT molecular complexity index is 1330.